The molecule has 0 unspecified atom stereocenters. The Morgan fingerprint density at radius 2 is 1.48 bits per heavy atom. The van der Waals surface area contributed by atoms with Crippen LogP contribution < -0.4 is 11.0 Å². The quantitative estimate of drug-likeness (QED) is 0.248. The second-order valence-electron chi connectivity index (χ2n) is 12.0. The van der Waals surface area contributed by atoms with Crippen molar-refractivity contribution in [1.29, 1.82) is 0 Å². The van der Waals surface area contributed by atoms with E-state index in [-0.39, 0.29) is 17.8 Å². The Labute approximate surface area is 254 Å². The van der Waals surface area contributed by atoms with Gasteiger partial charge in [0.15, 0.2) is 5.11 Å². The molecule has 1 N–H and O–H groups in total. The molecule has 3 heterocycles. The summed E-state index contributed by atoms with van der Waals surface area (Å²) in [6.45, 7) is 8.00. The van der Waals surface area contributed by atoms with Crippen LogP contribution in [0.15, 0.2) is 83.7 Å². The Bertz CT molecular complexity index is 1490. The number of thiocarbonyl (C=S) groups is 1. The van der Waals surface area contributed by atoms with Crippen LogP contribution in [0.2, 0.25) is 0 Å². The molecule has 1 aromatic heterocycles. The number of hydrogen-bond acceptors (Lipinski definition) is 3. The number of fused-ring (bicyclic) bond motifs is 1. The first-order valence-electron chi connectivity index (χ1n) is 15.7. The van der Waals surface area contributed by atoms with Crippen LogP contribution in [0.25, 0.3) is 11.0 Å². The number of hydrogen-bond donors (Lipinski definition) is 1. The predicted octanol–water partition coefficient (Wildman–Crippen LogP) is 6.29. The molecular formula is C35H43N5OS. The SMILES string of the molecule is Cc1ccc2c(c1)n(CCCN1CCCCC1)c(=O)n2C1CCN(C(=S)NC(c2ccccc2)c2ccccc2)CC1. The molecule has 2 fully saturated rings. The first-order chi connectivity index (χ1) is 20.6. The molecule has 2 aliphatic heterocycles. The third-order valence-electron chi connectivity index (χ3n) is 9.07. The number of imidazole rings is 1. The van der Waals surface area contributed by atoms with E-state index in [0.29, 0.717) is 0 Å². The Morgan fingerprint density at radius 1 is 0.833 bits per heavy atom. The molecule has 2 saturated heterocycles. The maximum atomic E-state index is 13.9. The lowest BCUT2D eigenvalue weighted by Gasteiger charge is -2.35. The lowest BCUT2D eigenvalue weighted by atomic mass is 9.99. The number of benzene rings is 3. The lowest BCUT2D eigenvalue weighted by Crippen LogP contribution is -2.46. The zero-order chi connectivity index (χ0) is 28.9. The minimum atomic E-state index is -0.00797. The molecule has 42 heavy (non-hydrogen) atoms. The first kappa shape index (κ1) is 28.7. The molecule has 6 rings (SSSR count). The molecule has 6 nitrogen and oxygen atoms in total. The fraction of sp³-hybridized carbons (Fsp3) is 0.429. The van der Waals surface area contributed by atoms with Crippen LogP contribution in [-0.4, -0.2) is 56.8 Å². The van der Waals surface area contributed by atoms with Gasteiger partial charge in [-0.1, -0.05) is 73.2 Å². The van der Waals surface area contributed by atoms with Gasteiger partial charge in [0.05, 0.1) is 17.1 Å². The largest absolute Gasteiger partial charge is 0.352 e. The number of aryl methyl sites for hydroxylation is 2. The van der Waals surface area contributed by atoms with Crippen LogP contribution in [0.5, 0.6) is 0 Å². The third kappa shape index (κ3) is 6.32. The number of likely N-dealkylation sites (tertiary alicyclic amines) is 2. The maximum Gasteiger partial charge on any atom is 0.329 e. The van der Waals surface area contributed by atoms with E-state index in [1.807, 2.05) is 16.7 Å². The van der Waals surface area contributed by atoms with Gasteiger partial charge in [-0.2, -0.15) is 0 Å². The standard InChI is InChI=1S/C35H43N5OS/c1-27-16-17-31-32(26-27)39(23-11-22-37-20-9-4-10-21-37)35(41)40(31)30-18-24-38(25-19-30)34(42)36-33(28-12-5-2-6-13-28)29-14-7-3-8-15-29/h2-3,5-8,12-17,26,30,33H,4,9-11,18-25H2,1H3,(H,36,42). The van der Waals surface area contributed by atoms with Gasteiger partial charge in [-0.3, -0.25) is 9.13 Å². The highest BCUT2D eigenvalue weighted by Crippen LogP contribution is 2.28. The van der Waals surface area contributed by atoms with E-state index in [9.17, 15) is 4.79 Å². The van der Waals surface area contributed by atoms with Crippen LogP contribution in [0, 0.1) is 6.92 Å². The molecule has 7 heteroatoms. The average molecular weight is 582 g/mol. The number of aromatic nitrogens is 2. The van der Waals surface area contributed by atoms with Crippen molar-refractivity contribution in [3.63, 3.8) is 0 Å². The van der Waals surface area contributed by atoms with Gasteiger partial charge in [0.2, 0.25) is 0 Å². The van der Waals surface area contributed by atoms with Gasteiger partial charge in [0, 0.05) is 25.7 Å². The fourth-order valence-corrected chi connectivity index (χ4v) is 7.09. The van der Waals surface area contributed by atoms with Crippen molar-refractivity contribution < 1.29 is 0 Å². The van der Waals surface area contributed by atoms with Crippen molar-refractivity contribution in [2.45, 2.75) is 64.1 Å². The number of rotatable bonds is 8. The molecule has 0 bridgehead atoms. The van der Waals surface area contributed by atoms with Crippen LogP contribution in [0.1, 0.15) is 67.3 Å². The van der Waals surface area contributed by atoms with Gasteiger partial charge >= 0.3 is 5.69 Å². The summed E-state index contributed by atoms with van der Waals surface area (Å²) in [5.41, 5.74) is 5.86. The number of piperidine rings is 2. The monoisotopic (exact) mass is 581 g/mol. The van der Waals surface area contributed by atoms with Crippen molar-refractivity contribution >= 4 is 28.4 Å². The second kappa shape index (κ2) is 13.3. The molecule has 2 aliphatic rings. The van der Waals surface area contributed by atoms with Crippen LogP contribution in [0.3, 0.4) is 0 Å². The Balaban J connectivity index is 1.15. The van der Waals surface area contributed by atoms with Crippen LogP contribution >= 0.6 is 12.2 Å². The molecule has 0 spiro atoms. The fourth-order valence-electron chi connectivity index (χ4n) is 6.79. The Hall–Kier alpha value is -3.42. The molecule has 0 saturated carbocycles. The summed E-state index contributed by atoms with van der Waals surface area (Å²) < 4.78 is 4.12. The highest BCUT2D eigenvalue weighted by Gasteiger charge is 2.27. The summed E-state index contributed by atoms with van der Waals surface area (Å²) in [5.74, 6) is 0. The summed E-state index contributed by atoms with van der Waals surface area (Å²) in [5, 5.41) is 4.43. The molecule has 0 aliphatic carbocycles. The van der Waals surface area contributed by atoms with E-state index in [1.54, 1.807) is 0 Å². The van der Waals surface area contributed by atoms with Crippen molar-refractivity contribution in [2.24, 2.45) is 0 Å². The first-order valence-corrected chi connectivity index (χ1v) is 16.1. The Kier molecular flexibility index (Phi) is 9.06. The summed E-state index contributed by atoms with van der Waals surface area (Å²) >= 11 is 5.97. The topological polar surface area (TPSA) is 45.4 Å². The second-order valence-corrected chi connectivity index (χ2v) is 12.4. The highest BCUT2D eigenvalue weighted by molar-refractivity contribution is 7.80. The van der Waals surface area contributed by atoms with E-state index in [1.165, 1.54) is 49.0 Å². The van der Waals surface area contributed by atoms with Crippen molar-refractivity contribution in [1.82, 2.24) is 24.3 Å². The molecule has 4 aromatic rings. The maximum absolute atomic E-state index is 13.9. The van der Waals surface area contributed by atoms with E-state index in [2.05, 4.69) is 93.3 Å². The van der Waals surface area contributed by atoms with E-state index >= 15 is 0 Å². The molecular weight excluding hydrogens is 538 g/mol. The zero-order valence-corrected chi connectivity index (χ0v) is 25.6. The Morgan fingerprint density at radius 3 is 2.12 bits per heavy atom. The predicted molar refractivity (Wildman–Crippen MR) is 176 cm³/mol. The minimum absolute atomic E-state index is 0.00797. The lowest BCUT2D eigenvalue weighted by molar-refractivity contribution is 0.222. The molecule has 220 valence electrons. The van der Waals surface area contributed by atoms with Gasteiger partial charge in [-0.05, 0) is 99.7 Å². The number of nitrogens with one attached hydrogen (secondary N) is 1. The van der Waals surface area contributed by atoms with Gasteiger partial charge in [0.25, 0.3) is 0 Å². The van der Waals surface area contributed by atoms with Crippen molar-refractivity contribution in [3.8, 4) is 0 Å². The normalized spacial score (nSPS) is 16.8. The summed E-state index contributed by atoms with van der Waals surface area (Å²) in [6, 6.07) is 27.6. The smallest absolute Gasteiger partial charge is 0.329 e. The summed E-state index contributed by atoms with van der Waals surface area (Å²) in [7, 11) is 0. The van der Waals surface area contributed by atoms with Crippen molar-refractivity contribution in [2.75, 3.05) is 32.7 Å². The highest BCUT2D eigenvalue weighted by atomic mass is 32.1. The van der Waals surface area contributed by atoms with Crippen LogP contribution in [-0.2, 0) is 6.54 Å². The van der Waals surface area contributed by atoms with Gasteiger partial charge in [0.1, 0.15) is 0 Å². The van der Waals surface area contributed by atoms with Gasteiger partial charge in [-0.15, -0.1) is 0 Å². The van der Waals surface area contributed by atoms with Crippen LogP contribution in [0.4, 0.5) is 0 Å². The molecule has 0 amide bonds. The average Bonchev–Trinajstić information content (AvgIpc) is 3.31. The molecule has 3 aromatic carbocycles. The summed E-state index contributed by atoms with van der Waals surface area (Å²) in [4.78, 5) is 18.8. The number of nitrogens with zero attached hydrogens (tertiary/aromatic N) is 4. The molecule has 0 atom stereocenters. The zero-order valence-electron chi connectivity index (χ0n) is 24.8. The van der Waals surface area contributed by atoms with E-state index in [4.69, 9.17) is 12.2 Å². The summed E-state index contributed by atoms with van der Waals surface area (Å²) in [6.07, 6.45) is 6.75. The van der Waals surface area contributed by atoms with E-state index < -0.39 is 0 Å². The van der Waals surface area contributed by atoms with Gasteiger partial charge < -0.3 is 15.1 Å². The van der Waals surface area contributed by atoms with Gasteiger partial charge in [-0.25, -0.2) is 4.79 Å². The minimum Gasteiger partial charge on any atom is -0.352 e. The van der Waals surface area contributed by atoms with Crippen molar-refractivity contribution in [3.05, 3.63) is 106 Å². The van der Waals surface area contributed by atoms with E-state index in [0.717, 1.165) is 61.6 Å². The third-order valence-corrected chi connectivity index (χ3v) is 9.45. The molecule has 0 radical (unpaired) electrons.